The molecule has 3 heteroatoms. The van der Waals surface area contributed by atoms with Crippen LogP contribution < -0.4 is 4.48 Å². The number of hydrogen-bond donors (Lipinski definition) is 0. The molecule has 3 nitrogen and oxygen atoms in total. The van der Waals surface area contributed by atoms with E-state index in [9.17, 15) is 0 Å². The molecule has 10 heavy (non-hydrogen) atoms. The van der Waals surface area contributed by atoms with Gasteiger partial charge in [-0.3, -0.25) is 4.48 Å². The lowest BCUT2D eigenvalue weighted by Crippen LogP contribution is -2.36. The van der Waals surface area contributed by atoms with Crippen molar-refractivity contribution in [2.45, 2.75) is 0 Å². The molecule has 0 amide bonds. The quantitative estimate of drug-likeness (QED) is 0.523. The minimum absolute atomic E-state index is 0.816. The lowest BCUT2D eigenvalue weighted by Gasteiger charge is -2.22. The lowest BCUT2D eigenvalue weighted by molar-refractivity contribution is 0.450. The molecule has 1 heterocycles. The second kappa shape index (κ2) is 2.09. The number of quaternary nitrogens is 1. The molecule has 0 aliphatic carbocycles. The van der Waals surface area contributed by atoms with Gasteiger partial charge in [-0.05, 0) is 0 Å². The van der Waals surface area contributed by atoms with Gasteiger partial charge < -0.3 is 0 Å². The Labute approximate surface area is 61.5 Å². The molecule has 0 aliphatic rings. The maximum Gasteiger partial charge on any atom is 0.225 e. The molecule has 0 spiro atoms. The number of rotatable bonds is 1. The Morgan fingerprint density at radius 2 is 2.00 bits per heavy atom. The van der Waals surface area contributed by atoms with E-state index in [1.807, 2.05) is 24.0 Å². The zero-order valence-electron chi connectivity index (χ0n) is 7.00. The first-order chi connectivity index (χ1) is 4.52. The first-order valence-corrected chi connectivity index (χ1v) is 3.32. The van der Waals surface area contributed by atoms with E-state index in [1.165, 1.54) is 5.82 Å². The molecule has 0 aliphatic heterocycles. The summed E-state index contributed by atoms with van der Waals surface area (Å²) in [5.41, 5.74) is 0. The number of aromatic nitrogens is 2. The zero-order valence-corrected chi connectivity index (χ0v) is 7.00. The third-order valence-electron chi connectivity index (χ3n) is 1.48. The second-order valence-electron chi connectivity index (χ2n) is 3.33. The fourth-order valence-corrected chi connectivity index (χ4v) is 1.02. The molecular formula is C7H14N3+. The Morgan fingerprint density at radius 1 is 1.40 bits per heavy atom. The summed E-state index contributed by atoms with van der Waals surface area (Å²) in [4.78, 5) is 0. The smallest absolute Gasteiger partial charge is 0.225 e. The van der Waals surface area contributed by atoms with Crippen LogP contribution in [0.4, 0.5) is 5.82 Å². The van der Waals surface area contributed by atoms with Crippen molar-refractivity contribution in [1.29, 1.82) is 0 Å². The summed E-state index contributed by atoms with van der Waals surface area (Å²) < 4.78 is 2.70. The van der Waals surface area contributed by atoms with Crippen LogP contribution in [-0.4, -0.2) is 30.9 Å². The highest BCUT2D eigenvalue weighted by atomic mass is 15.4. The predicted molar refractivity (Wildman–Crippen MR) is 42.8 cm³/mol. The average molecular weight is 140 g/mol. The molecule has 1 aromatic heterocycles. The standard InChI is InChI=1S/C7H14N3/c1-9-7(5-6-8-9)10(2,3)4/h5-6H,1-4H3/q+1. The highest BCUT2D eigenvalue weighted by Gasteiger charge is 2.15. The van der Waals surface area contributed by atoms with Gasteiger partial charge in [0.1, 0.15) is 0 Å². The molecule has 0 N–H and O–H groups in total. The molecule has 1 aromatic rings. The molecule has 0 saturated heterocycles. The molecule has 0 aromatic carbocycles. The van der Waals surface area contributed by atoms with Crippen LogP contribution in [0.3, 0.4) is 0 Å². The van der Waals surface area contributed by atoms with E-state index in [0.717, 1.165) is 4.48 Å². The van der Waals surface area contributed by atoms with E-state index >= 15 is 0 Å². The first kappa shape index (κ1) is 7.28. The van der Waals surface area contributed by atoms with E-state index in [-0.39, 0.29) is 0 Å². The van der Waals surface area contributed by atoms with Crippen molar-refractivity contribution < 1.29 is 0 Å². The summed E-state index contributed by atoms with van der Waals surface area (Å²) in [5, 5.41) is 4.08. The first-order valence-electron chi connectivity index (χ1n) is 3.32. The predicted octanol–water partition coefficient (Wildman–Crippen LogP) is 0.617. The highest BCUT2D eigenvalue weighted by Crippen LogP contribution is 2.12. The van der Waals surface area contributed by atoms with Crippen LogP contribution in [0, 0.1) is 0 Å². The largest absolute Gasteiger partial charge is 0.282 e. The van der Waals surface area contributed by atoms with Crippen molar-refractivity contribution in [2.24, 2.45) is 7.05 Å². The van der Waals surface area contributed by atoms with Gasteiger partial charge >= 0.3 is 0 Å². The maximum atomic E-state index is 4.08. The fraction of sp³-hybridized carbons (Fsp3) is 0.571. The molecule has 1 rings (SSSR count). The summed E-state index contributed by atoms with van der Waals surface area (Å²) in [7, 11) is 8.32. The van der Waals surface area contributed by atoms with Crippen LogP contribution in [0.2, 0.25) is 0 Å². The third-order valence-corrected chi connectivity index (χ3v) is 1.48. The Hall–Kier alpha value is -0.830. The molecule has 0 bridgehead atoms. The monoisotopic (exact) mass is 140 g/mol. The van der Waals surface area contributed by atoms with E-state index in [1.54, 1.807) is 0 Å². The minimum atomic E-state index is 0.816. The van der Waals surface area contributed by atoms with Gasteiger partial charge in [-0.25, -0.2) is 4.68 Å². The number of aryl methyl sites for hydroxylation is 1. The van der Waals surface area contributed by atoms with Crippen LogP contribution in [0.15, 0.2) is 12.3 Å². The molecule has 0 fully saturated rings. The van der Waals surface area contributed by atoms with E-state index < -0.39 is 0 Å². The third kappa shape index (κ3) is 1.19. The summed E-state index contributed by atoms with van der Waals surface area (Å²) in [6.07, 6.45) is 1.82. The van der Waals surface area contributed by atoms with Crippen molar-refractivity contribution in [2.75, 3.05) is 21.1 Å². The van der Waals surface area contributed by atoms with Crippen LogP contribution in [-0.2, 0) is 7.05 Å². The van der Waals surface area contributed by atoms with Gasteiger partial charge in [0.25, 0.3) is 0 Å². The van der Waals surface area contributed by atoms with Crippen molar-refractivity contribution in [3.8, 4) is 0 Å². The van der Waals surface area contributed by atoms with Crippen molar-refractivity contribution >= 4 is 5.82 Å². The normalized spacial score (nSPS) is 12.0. The van der Waals surface area contributed by atoms with Gasteiger partial charge in [-0.1, -0.05) is 0 Å². The van der Waals surface area contributed by atoms with Gasteiger partial charge in [-0.2, -0.15) is 5.10 Å². The minimum Gasteiger partial charge on any atom is -0.282 e. The molecule has 0 atom stereocenters. The van der Waals surface area contributed by atoms with Crippen molar-refractivity contribution in [3.05, 3.63) is 12.3 Å². The van der Waals surface area contributed by atoms with Crippen LogP contribution >= 0.6 is 0 Å². The molecule has 0 saturated carbocycles. The topological polar surface area (TPSA) is 17.8 Å². The number of hydrogen-bond acceptors (Lipinski definition) is 1. The van der Waals surface area contributed by atoms with Crippen LogP contribution in [0.5, 0.6) is 0 Å². The molecule has 0 radical (unpaired) electrons. The lowest BCUT2D eigenvalue weighted by atomic mass is 10.5. The fourth-order valence-electron chi connectivity index (χ4n) is 1.02. The Bertz CT molecular complexity index is 219. The molecule has 56 valence electrons. The average Bonchev–Trinajstić information content (AvgIpc) is 2.11. The Morgan fingerprint density at radius 3 is 2.20 bits per heavy atom. The van der Waals surface area contributed by atoms with Crippen molar-refractivity contribution in [1.82, 2.24) is 14.3 Å². The SMILES string of the molecule is Cn1nccc1[N+](C)(C)C. The molecular weight excluding hydrogens is 126 g/mol. The summed E-state index contributed by atoms with van der Waals surface area (Å²) >= 11 is 0. The van der Waals surface area contributed by atoms with Crippen LogP contribution in [0.1, 0.15) is 0 Å². The van der Waals surface area contributed by atoms with Crippen LogP contribution in [0.25, 0.3) is 0 Å². The Kier molecular flexibility index (Phi) is 1.52. The van der Waals surface area contributed by atoms with E-state index in [2.05, 4.69) is 26.2 Å². The highest BCUT2D eigenvalue weighted by molar-refractivity contribution is 5.30. The number of nitrogens with zero attached hydrogens (tertiary/aromatic N) is 3. The van der Waals surface area contributed by atoms with Gasteiger partial charge in [0.15, 0.2) is 0 Å². The summed E-state index contributed by atoms with van der Waals surface area (Å²) in [5.74, 6) is 1.21. The summed E-state index contributed by atoms with van der Waals surface area (Å²) in [6.45, 7) is 0. The summed E-state index contributed by atoms with van der Waals surface area (Å²) in [6, 6.07) is 2.03. The van der Waals surface area contributed by atoms with E-state index in [0.29, 0.717) is 0 Å². The molecule has 0 unspecified atom stereocenters. The second-order valence-corrected chi connectivity index (χ2v) is 3.33. The van der Waals surface area contributed by atoms with Gasteiger partial charge in [0.2, 0.25) is 5.82 Å². The van der Waals surface area contributed by atoms with Gasteiger partial charge in [-0.15, -0.1) is 0 Å². The van der Waals surface area contributed by atoms with Gasteiger partial charge in [0, 0.05) is 13.1 Å². The zero-order chi connectivity index (χ0) is 7.78. The van der Waals surface area contributed by atoms with E-state index in [4.69, 9.17) is 0 Å². The van der Waals surface area contributed by atoms with Crippen molar-refractivity contribution in [3.63, 3.8) is 0 Å². The maximum absolute atomic E-state index is 4.08. The Balaban J connectivity index is 3.05. The van der Waals surface area contributed by atoms with Gasteiger partial charge in [0.05, 0.1) is 27.3 Å².